The number of hydrogen-bond donors (Lipinski definition) is 0. The molecule has 1 aromatic heterocycles. The molecule has 26 heavy (non-hydrogen) atoms. The molecule has 1 fully saturated rings. The predicted octanol–water partition coefficient (Wildman–Crippen LogP) is 2.74. The van der Waals surface area contributed by atoms with E-state index >= 15 is 0 Å². The van der Waals surface area contributed by atoms with Gasteiger partial charge < -0.3 is 4.90 Å². The minimum Gasteiger partial charge on any atom is -0.340 e. The number of amides is 1. The summed E-state index contributed by atoms with van der Waals surface area (Å²) in [7, 11) is 0. The molecule has 1 atom stereocenters. The molecule has 0 saturated carbocycles. The van der Waals surface area contributed by atoms with Crippen LogP contribution in [0.25, 0.3) is 0 Å². The SMILES string of the molecule is CSc1ccccc1C(=O)[C@H]1CCCN(C(=O)Cn2nc(C)nc2C)C1. The molecule has 138 valence electrons. The summed E-state index contributed by atoms with van der Waals surface area (Å²) < 4.78 is 1.63. The number of rotatable bonds is 5. The number of hydrogen-bond acceptors (Lipinski definition) is 5. The molecule has 0 aliphatic carbocycles. The fourth-order valence-corrected chi connectivity index (χ4v) is 4.03. The molecule has 1 aliphatic heterocycles. The minimum atomic E-state index is -0.139. The lowest BCUT2D eigenvalue weighted by Crippen LogP contribution is -2.44. The van der Waals surface area contributed by atoms with Gasteiger partial charge in [0.1, 0.15) is 18.2 Å². The van der Waals surface area contributed by atoms with Crippen molar-refractivity contribution in [1.82, 2.24) is 19.7 Å². The Labute approximate surface area is 158 Å². The molecule has 1 aliphatic rings. The second-order valence-corrected chi connectivity index (χ2v) is 7.46. The zero-order valence-corrected chi connectivity index (χ0v) is 16.3. The number of benzene rings is 1. The smallest absolute Gasteiger partial charge is 0.244 e. The molecular weight excluding hydrogens is 348 g/mol. The average Bonchev–Trinajstić information content (AvgIpc) is 2.98. The van der Waals surface area contributed by atoms with Gasteiger partial charge in [-0.3, -0.25) is 9.59 Å². The van der Waals surface area contributed by atoms with Crippen LogP contribution in [0.15, 0.2) is 29.2 Å². The summed E-state index contributed by atoms with van der Waals surface area (Å²) in [5, 5.41) is 4.26. The number of thioether (sulfide) groups is 1. The highest BCUT2D eigenvalue weighted by Crippen LogP contribution is 2.27. The number of carbonyl (C=O) groups is 2. The van der Waals surface area contributed by atoms with Gasteiger partial charge in [-0.2, -0.15) is 5.10 Å². The van der Waals surface area contributed by atoms with Gasteiger partial charge in [-0.25, -0.2) is 9.67 Å². The monoisotopic (exact) mass is 372 g/mol. The second kappa shape index (κ2) is 8.03. The summed E-state index contributed by atoms with van der Waals surface area (Å²) in [5.74, 6) is 1.39. The first-order valence-electron chi connectivity index (χ1n) is 8.82. The fraction of sp³-hybridized carbons (Fsp3) is 0.474. The largest absolute Gasteiger partial charge is 0.340 e. The molecule has 0 unspecified atom stereocenters. The van der Waals surface area contributed by atoms with Crippen molar-refractivity contribution >= 4 is 23.5 Å². The number of aryl methyl sites for hydroxylation is 2. The van der Waals surface area contributed by atoms with Gasteiger partial charge in [-0.1, -0.05) is 18.2 Å². The maximum atomic E-state index is 13.0. The highest BCUT2D eigenvalue weighted by molar-refractivity contribution is 7.98. The Balaban J connectivity index is 1.69. The lowest BCUT2D eigenvalue weighted by Gasteiger charge is -2.32. The van der Waals surface area contributed by atoms with Crippen LogP contribution in [0.5, 0.6) is 0 Å². The number of Topliss-reactive ketones (excluding diaryl/α,β-unsaturated/α-hetero) is 1. The third kappa shape index (κ3) is 3.98. The first-order chi connectivity index (χ1) is 12.5. The van der Waals surface area contributed by atoms with Gasteiger partial charge in [0.25, 0.3) is 0 Å². The van der Waals surface area contributed by atoms with Gasteiger partial charge >= 0.3 is 0 Å². The van der Waals surface area contributed by atoms with E-state index in [2.05, 4.69) is 10.1 Å². The van der Waals surface area contributed by atoms with Crippen LogP contribution < -0.4 is 0 Å². The van der Waals surface area contributed by atoms with Crippen LogP contribution in [0.1, 0.15) is 34.8 Å². The van der Waals surface area contributed by atoms with Crippen molar-refractivity contribution in [3.8, 4) is 0 Å². The summed E-state index contributed by atoms with van der Waals surface area (Å²) in [4.78, 5) is 32.7. The van der Waals surface area contributed by atoms with Crippen LogP contribution in [0, 0.1) is 19.8 Å². The van der Waals surface area contributed by atoms with Crippen molar-refractivity contribution in [2.75, 3.05) is 19.3 Å². The van der Waals surface area contributed by atoms with Gasteiger partial charge in [0.2, 0.25) is 5.91 Å². The van der Waals surface area contributed by atoms with Crippen LogP contribution in [-0.2, 0) is 11.3 Å². The van der Waals surface area contributed by atoms with E-state index in [0.717, 1.165) is 29.1 Å². The molecule has 0 bridgehead atoms. The van der Waals surface area contributed by atoms with Crippen molar-refractivity contribution in [2.45, 2.75) is 38.1 Å². The molecule has 1 aromatic carbocycles. The topological polar surface area (TPSA) is 68.1 Å². The quantitative estimate of drug-likeness (QED) is 0.596. The molecule has 2 aromatic rings. The van der Waals surface area contributed by atoms with Crippen LogP contribution in [-0.4, -0.2) is 50.7 Å². The summed E-state index contributed by atoms with van der Waals surface area (Å²) >= 11 is 1.58. The highest BCUT2D eigenvalue weighted by atomic mass is 32.2. The molecule has 0 N–H and O–H groups in total. The standard InChI is InChI=1S/C19H24N4O2S/c1-13-20-14(2)23(21-13)12-18(24)22-10-6-7-15(11-22)19(25)16-8-4-5-9-17(16)26-3/h4-5,8-9,15H,6-7,10-12H2,1-3H3/t15-/m0/s1. The Morgan fingerprint density at radius 1 is 1.27 bits per heavy atom. The summed E-state index contributed by atoms with van der Waals surface area (Å²) in [6.45, 7) is 5.00. The number of aromatic nitrogens is 3. The van der Waals surface area contributed by atoms with E-state index in [4.69, 9.17) is 0 Å². The highest BCUT2D eigenvalue weighted by Gasteiger charge is 2.30. The van der Waals surface area contributed by atoms with Gasteiger partial charge in [0.05, 0.1) is 0 Å². The van der Waals surface area contributed by atoms with Crippen LogP contribution in [0.4, 0.5) is 0 Å². The second-order valence-electron chi connectivity index (χ2n) is 6.61. The van der Waals surface area contributed by atoms with Crippen molar-refractivity contribution in [3.63, 3.8) is 0 Å². The van der Waals surface area contributed by atoms with E-state index in [1.54, 1.807) is 21.3 Å². The minimum absolute atomic E-state index is 0.00588. The van der Waals surface area contributed by atoms with Crippen LogP contribution >= 0.6 is 11.8 Å². The number of nitrogens with zero attached hydrogens (tertiary/aromatic N) is 4. The first-order valence-corrected chi connectivity index (χ1v) is 10.0. The molecule has 3 rings (SSSR count). The van der Waals surface area contributed by atoms with E-state index < -0.39 is 0 Å². The molecule has 1 amide bonds. The molecule has 2 heterocycles. The van der Waals surface area contributed by atoms with Crippen molar-refractivity contribution in [1.29, 1.82) is 0 Å². The first kappa shape index (κ1) is 18.6. The normalized spacial score (nSPS) is 17.3. The summed E-state index contributed by atoms with van der Waals surface area (Å²) in [6.07, 6.45) is 3.65. The molecule has 1 saturated heterocycles. The summed E-state index contributed by atoms with van der Waals surface area (Å²) in [6, 6.07) is 7.70. The number of piperidine rings is 1. The Kier molecular flexibility index (Phi) is 5.76. The molecule has 0 radical (unpaired) electrons. The van der Waals surface area contributed by atoms with E-state index in [0.29, 0.717) is 18.9 Å². The van der Waals surface area contributed by atoms with E-state index in [1.807, 2.05) is 44.4 Å². The lowest BCUT2D eigenvalue weighted by molar-refractivity contribution is -0.133. The zero-order chi connectivity index (χ0) is 18.7. The maximum absolute atomic E-state index is 13.0. The van der Waals surface area contributed by atoms with Gasteiger partial charge in [0, 0.05) is 29.5 Å². The maximum Gasteiger partial charge on any atom is 0.244 e. The van der Waals surface area contributed by atoms with E-state index in [9.17, 15) is 9.59 Å². The van der Waals surface area contributed by atoms with Gasteiger partial charge in [-0.05, 0) is 39.0 Å². The van der Waals surface area contributed by atoms with Crippen molar-refractivity contribution in [3.05, 3.63) is 41.5 Å². The predicted molar refractivity (Wildman–Crippen MR) is 101 cm³/mol. The molecule has 0 spiro atoms. The molecule has 7 heteroatoms. The van der Waals surface area contributed by atoms with Crippen molar-refractivity contribution in [2.24, 2.45) is 5.92 Å². The molecular formula is C19H24N4O2S. The fourth-order valence-electron chi connectivity index (χ4n) is 3.42. The van der Waals surface area contributed by atoms with Crippen LogP contribution in [0.2, 0.25) is 0 Å². The van der Waals surface area contributed by atoms with Crippen molar-refractivity contribution < 1.29 is 9.59 Å². The van der Waals surface area contributed by atoms with E-state index in [-0.39, 0.29) is 24.2 Å². The lowest BCUT2D eigenvalue weighted by atomic mass is 9.90. The van der Waals surface area contributed by atoms with Gasteiger partial charge in [0.15, 0.2) is 5.78 Å². The Morgan fingerprint density at radius 3 is 2.73 bits per heavy atom. The van der Waals surface area contributed by atoms with Crippen LogP contribution in [0.3, 0.4) is 0 Å². The molecule has 6 nitrogen and oxygen atoms in total. The number of carbonyl (C=O) groups excluding carboxylic acids is 2. The number of likely N-dealkylation sites (tertiary alicyclic amines) is 1. The summed E-state index contributed by atoms with van der Waals surface area (Å²) in [5.41, 5.74) is 0.766. The Hall–Kier alpha value is -2.15. The average molecular weight is 372 g/mol. The Bertz CT molecular complexity index is 818. The Morgan fingerprint density at radius 2 is 2.04 bits per heavy atom. The van der Waals surface area contributed by atoms with Gasteiger partial charge in [-0.15, -0.1) is 11.8 Å². The third-order valence-electron chi connectivity index (χ3n) is 4.76. The zero-order valence-electron chi connectivity index (χ0n) is 15.4. The third-order valence-corrected chi connectivity index (χ3v) is 5.56. The van der Waals surface area contributed by atoms with E-state index in [1.165, 1.54) is 0 Å². The number of ketones is 1.